The van der Waals surface area contributed by atoms with Crippen molar-refractivity contribution in [3.8, 4) is 11.3 Å². The zero-order valence-corrected chi connectivity index (χ0v) is 11.9. The van der Waals surface area contributed by atoms with Crippen LogP contribution in [0, 0.1) is 10.1 Å². The highest BCUT2D eigenvalue weighted by atomic mass is 16.6. The summed E-state index contributed by atoms with van der Waals surface area (Å²) in [5.74, 6) is -0.588. The van der Waals surface area contributed by atoms with E-state index in [0.29, 0.717) is 11.3 Å². The second-order valence-electron chi connectivity index (χ2n) is 4.50. The summed E-state index contributed by atoms with van der Waals surface area (Å²) in [4.78, 5) is 33.5. The first-order chi connectivity index (χ1) is 10.4. The van der Waals surface area contributed by atoms with Gasteiger partial charge >= 0.3 is 5.97 Å². The van der Waals surface area contributed by atoms with Gasteiger partial charge in [0.1, 0.15) is 0 Å². The van der Waals surface area contributed by atoms with Crippen LogP contribution in [0.5, 0.6) is 0 Å². The number of ether oxygens (including phenoxy) is 1. The average molecular weight is 303 g/mol. The zero-order valence-electron chi connectivity index (χ0n) is 11.9. The van der Waals surface area contributed by atoms with Crippen molar-refractivity contribution in [2.75, 3.05) is 7.11 Å². The minimum atomic E-state index is -0.865. The van der Waals surface area contributed by atoms with Crippen molar-refractivity contribution in [2.24, 2.45) is 0 Å². The van der Waals surface area contributed by atoms with Gasteiger partial charge in [0.15, 0.2) is 6.04 Å². The van der Waals surface area contributed by atoms with Crippen LogP contribution >= 0.6 is 0 Å². The number of rotatable bonds is 4. The molecule has 0 amide bonds. The zero-order chi connectivity index (χ0) is 16.3. The van der Waals surface area contributed by atoms with E-state index >= 15 is 0 Å². The standard InChI is InChI=1S/C14H13N3O5/c1-9(14(19)22-2)16-13(18)8-7-12(15-16)10-3-5-11(6-4-10)17(20)21/h3-9H,1-2H3/t9-/m0/s1. The molecule has 0 unspecified atom stereocenters. The predicted molar refractivity (Wildman–Crippen MR) is 77.3 cm³/mol. The van der Waals surface area contributed by atoms with Gasteiger partial charge < -0.3 is 4.74 Å². The maximum Gasteiger partial charge on any atom is 0.330 e. The number of nitro groups is 1. The molecule has 0 spiro atoms. The van der Waals surface area contributed by atoms with E-state index in [1.165, 1.54) is 50.4 Å². The molecule has 0 bridgehead atoms. The summed E-state index contributed by atoms with van der Waals surface area (Å²) in [6.45, 7) is 1.50. The molecule has 0 saturated carbocycles. The molecule has 1 aromatic carbocycles. The lowest BCUT2D eigenvalue weighted by Crippen LogP contribution is -2.30. The maximum absolute atomic E-state index is 11.8. The van der Waals surface area contributed by atoms with E-state index in [1.807, 2.05) is 0 Å². The number of methoxy groups -OCH3 is 1. The minimum absolute atomic E-state index is 0.0417. The second-order valence-corrected chi connectivity index (χ2v) is 4.50. The van der Waals surface area contributed by atoms with Crippen LogP contribution in [0.25, 0.3) is 11.3 Å². The monoisotopic (exact) mass is 303 g/mol. The number of hydrogen-bond acceptors (Lipinski definition) is 6. The molecule has 114 valence electrons. The molecule has 1 heterocycles. The first-order valence-electron chi connectivity index (χ1n) is 6.36. The Balaban J connectivity index is 2.43. The third-order valence-corrected chi connectivity index (χ3v) is 3.11. The highest BCUT2D eigenvalue weighted by Gasteiger charge is 2.18. The molecule has 0 radical (unpaired) electrons. The third kappa shape index (κ3) is 3.00. The Hall–Kier alpha value is -3.03. The molecule has 0 saturated heterocycles. The molecule has 0 fully saturated rings. The largest absolute Gasteiger partial charge is 0.467 e. The van der Waals surface area contributed by atoms with Crippen molar-refractivity contribution in [2.45, 2.75) is 13.0 Å². The maximum atomic E-state index is 11.8. The second kappa shape index (κ2) is 6.17. The van der Waals surface area contributed by atoms with Gasteiger partial charge in [0, 0.05) is 23.8 Å². The van der Waals surface area contributed by atoms with E-state index in [2.05, 4.69) is 9.84 Å². The molecule has 8 heteroatoms. The van der Waals surface area contributed by atoms with Crippen molar-refractivity contribution >= 4 is 11.7 Å². The topological polar surface area (TPSA) is 104 Å². The third-order valence-electron chi connectivity index (χ3n) is 3.11. The van der Waals surface area contributed by atoms with Crippen LogP contribution in [0.15, 0.2) is 41.2 Å². The number of carbonyl (C=O) groups is 1. The van der Waals surface area contributed by atoms with Crippen LogP contribution in [0.3, 0.4) is 0 Å². The number of nitro benzene ring substituents is 1. The number of hydrogen-bond donors (Lipinski definition) is 0. The van der Waals surface area contributed by atoms with Crippen LogP contribution in [-0.4, -0.2) is 27.8 Å². The molecule has 0 aliphatic rings. The number of non-ortho nitro benzene ring substituents is 1. The molecule has 1 aromatic heterocycles. The van der Waals surface area contributed by atoms with Crippen LogP contribution in [-0.2, 0) is 9.53 Å². The van der Waals surface area contributed by atoms with Gasteiger partial charge in [0.2, 0.25) is 0 Å². The fourth-order valence-corrected chi connectivity index (χ4v) is 1.88. The number of esters is 1. The number of carbonyl (C=O) groups excluding carboxylic acids is 1. The van der Waals surface area contributed by atoms with Crippen LogP contribution < -0.4 is 5.56 Å². The summed E-state index contributed by atoms with van der Waals surface area (Å²) in [5, 5.41) is 14.8. The van der Waals surface area contributed by atoms with Gasteiger partial charge in [0.25, 0.3) is 11.2 Å². The van der Waals surface area contributed by atoms with E-state index in [0.717, 1.165) is 4.68 Å². The van der Waals surface area contributed by atoms with Gasteiger partial charge in [-0.15, -0.1) is 0 Å². The molecule has 22 heavy (non-hydrogen) atoms. The highest BCUT2D eigenvalue weighted by molar-refractivity contribution is 5.73. The molecular formula is C14H13N3O5. The average Bonchev–Trinajstić information content (AvgIpc) is 2.54. The lowest BCUT2D eigenvalue weighted by atomic mass is 10.1. The molecule has 0 aliphatic carbocycles. The molecular weight excluding hydrogens is 290 g/mol. The number of nitrogens with zero attached hydrogens (tertiary/aromatic N) is 3. The normalized spacial score (nSPS) is 11.7. The highest BCUT2D eigenvalue weighted by Crippen LogP contribution is 2.20. The van der Waals surface area contributed by atoms with E-state index in [-0.39, 0.29) is 5.69 Å². The fraction of sp³-hybridized carbons (Fsp3) is 0.214. The smallest absolute Gasteiger partial charge is 0.330 e. The summed E-state index contributed by atoms with van der Waals surface area (Å²) in [7, 11) is 1.23. The molecule has 0 aliphatic heterocycles. The molecule has 0 N–H and O–H groups in total. The lowest BCUT2D eigenvalue weighted by molar-refractivity contribution is -0.384. The van der Waals surface area contributed by atoms with Crippen molar-refractivity contribution in [3.05, 3.63) is 56.9 Å². The Morgan fingerprint density at radius 3 is 2.45 bits per heavy atom. The lowest BCUT2D eigenvalue weighted by Gasteiger charge is -2.12. The Morgan fingerprint density at radius 2 is 1.91 bits per heavy atom. The van der Waals surface area contributed by atoms with Gasteiger partial charge in [-0.2, -0.15) is 5.10 Å². The molecule has 2 aromatic rings. The summed E-state index contributed by atoms with van der Waals surface area (Å²) in [5.41, 5.74) is 0.533. The van der Waals surface area contributed by atoms with Gasteiger partial charge in [-0.1, -0.05) is 0 Å². The van der Waals surface area contributed by atoms with E-state index in [1.54, 1.807) is 0 Å². The predicted octanol–water partition coefficient (Wildman–Crippen LogP) is 1.55. The summed E-state index contributed by atoms with van der Waals surface area (Å²) in [6, 6.07) is 7.64. The van der Waals surface area contributed by atoms with Gasteiger partial charge in [-0.25, -0.2) is 9.48 Å². The Labute approximate surface area is 125 Å². The molecule has 2 rings (SSSR count). The summed E-state index contributed by atoms with van der Waals surface area (Å²) < 4.78 is 5.61. The van der Waals surface area contributed by atoms with Gasteiger partial charge in [-0.05, 0) is 25.1 Å². The van der Waals surface area contributed by atoms with Gasteiger partial charge in [-0.3, -0.25) is 14.9 Å². The minimum Gasteiger partial charge on any atom is -0.467 e. The van der Waals surface area contributed by atoms with E-state index in [4.69, 9.17) is 0 Å². The molecule has 8 nitrogen and oxygen atoms in total. The van der Waals surface area contributed by atoms with Crippen LogP contribution in [0.4, 0.5) is 5.69 Å². The fourth-order valence-electron chi connectivity index (χ4n) is 1.88. The quantitative estimate of drug-likeness (QED) is 0.482. The Bertz CT molecular complexity index is 767. The number of benzene rings is 1. The Kier molecular flexibility index (Phi) is 4.31. The van der Waals surface area contributed by atoms with E-state index in [9.17, 15) is 19.7 Å². The van der Waals surface area contributed by atoms with Crippen molar-refractivity contribution in [1.82, 2.24) is 9.78 Å². The Morgan fingerprint density at radius 1 is 1.27 bits per heavy atom. The first-order valence-corrected chi connectivity index (χ1v) is 6.36. The first kappa shape index (κ1) is 15.4. The van der Waals surface area contributed by atoms with Crippen molar-refractivity contribution < 1.29 is 14.5 Å². The summed E-state index contributed by atoms with van der Waals surface area (Å²) >= 11 is 0. The van der Waals surface area contributed by atoms with Gasteiger partial charge in [0.05, 0.1) is 17.7 Å². The SMILES string of the molecule is COC(=O)[C@H](C)n1nc(-c2ccc([N+](=O)[O-])cc2)ccc1=O. The summed E-state index contributed by atoms with van der Waals surface area (Å²) in [6.07, 6.45) is 0. The van der Waals surface area contributed by atoms with Crippen molar-refractivity contribution in [3.63, 3.8) is 0 Å². The number of aromatic nitrogens is 2. The van der Waals surface area contributed by atoms with E-state index < -0.39 is 22.5 Å². The van der Waals surface area contributed by atoms with Crippen LogP contribution in [0.2, 0.25) is 0 Å². The molecule has 1 atom stereocenters. The van der Waals surface area contributed by atoms with Crippen molar-refractivity contribution in [1.29, 1.82) is 0 Å². The van der Waals surface area contributed by atoms with Crippen LogP contribution in [0.1, 0.15) is 13.0 Å².